The van der Waals surface area contributed by atoms with Gasteiger partial charge >= 0.3 is 6.61 Å². The Morgan fingerprint density at radius 1 is 1.46 bits per heavy atom. The topological polar surface area (TPSA) is 67.6 Å². The van der Waals surface area contributed by atoms with Crippen molar-refractivity contribution < 1.29 is 22.8 Å². The van der Waals surface area contributed by atoms with Gasteiger partial charge in [-0.1, -0.05) is 17.3 Å². The smallest absolute Gasteiger partial charge is 0.387 e. The largest absolute Gasteiger partial charge is 0.433 e. The number of carbonyl (C=O) groups excluding carboxylic acids is 1. The summed E-state index contributed by atoms with van der Waals surface area (Å²) in [6.07, 6.45) is 0.700. The fourth-order valence-corrected chi connectivity index (χ4v) is 2.74. The second-order valence-electron chi connectivity index (χ2n) is 5.57. The van der Waals surface area contributed by atoms with Crippen LogP contribution in [0, 0.1) is 6.92 Å². The van der Waals surface area contributed by atoms with Gasteiger partial charge in [0.1, 0.15) is 11.5 Å². The molecule has 0 aliphatic carbocycles. The van der Waals surface area contributed by atoms with Crippen LogP contribution in [0.2, 0.25) is 0 Å². The maximum Gasteiger partial charge on any atom is 0.387 e. The number of nitrogens with zero attached hydrogens (tertiary/aromatic N) is 2. The monoisotopic (exact) mass is 337 g/mol. The summed E-state index contributed by atoms with van der Waals surface area (Å²) in [5, 5.41) is 6.55. The highest BCUT2D eigenvalue weighted by atomic mass is 19.3. The van der Waals surface area contributed by atoms with Crippen LogP contribution in [0.25, 0.3) is 0 Å². The minimum Gasteiger partial charge on any atom is -0.433 e. The molecule has 24 heavy (non-hydrogen) atoms. The summed E-state index contributed by atoms with van der Waals surface area (Å²) in [6, 6.07) is 8.10. The fraction of sp³-hybridized carbons (Fsp3) is 0.375. The number of para-hydroxylation sites is 2. The summed E-state index contributed by atoms with van der Waals surface area (Å²) >= 11 is 0. The van der Waals surface area contributed by atoms with Gasteiger partial charge in [-0.25, -0.2) is 0 Å². The zero-order valence-electron chi connectivity index (χ0n) is 13.0. The minimum absolute atomic E-state index is 0.103. The number of nitrogens with one attached hydrogen (secondary N) is 1. The molecule has 1 aliphatic heterocycles. The van der Waals surface area contributed by atoms with E-state index in [9.17, 15) is 13.6 Å². The number of carbonyl (C=O) groups is 1. The molecule has 0 spiro atoms. The van der Waals surface area contributed by atoms with Crippen molar-refractivity contribution in [1.29, 1.82) is 0 Å². The highest BCUT2D eigenvalue weighted by molar-refractivity contribution is 5.92. The second kappa shape index (κ2) is 6.86. The van der Waals surface area contributed by atoms with Crippen molar-refractivity contribution >= 4 is 11.6 Å². The molecule has 128 valence electrons. The second-order valence-corrected chi connectivity index (χ2v) is 5.57. The van der Waals surface area contributed by atoms with Crippen LogP contribution < -0.4 is 15.0 Å². The molecule has 0 bridgehead atoms. The lowest BCUT2D eigenvalue weighted by molar-refractivity contribution is -0.0495. The standard InChI is InChI=1S/C16H17F2N3O3/c1-10-8-12(20-24-10)15(22)19-11-6-7-21(9-11)13-4-2-3-5-14(13)23-16(17)18/h2-5,8,11,16H,6-7,9H2,1H3,(H,19,22). The van der Waals surface area contributed by atoms with Crippen molar-refractivity contribution in [3.63, 3.8) is 0 Å². The van der Waals surface area contributed by atoms with Crippen LogP contribution in [-0.2, 0) is 0 Å². The molecule has 2 aromatic rings. The summed E-state index contributed by atoms with van der Waals surface area (Å²) < 4.78 is 34.5. The van der Waals surface area contributed by atoms with Crippen LogP contribution in [-0.4, -0.2) is 36.8 Å². The van der Waals surface area contributed by atoms with E-state index in [-0.39, 0.29) is 23.4 Å². The molecule has 1 saturated heterocycles. The maximum atomic E-state index is 12.5. The Morgan fingerprint density at radius 2 is 2.25 bits per heavy atom. The highest BCUT2D eigenvalue weighted by Crippen LogP contribution is 2.31. The molecular formula is C16H17F2N3O3. The molecule has 2 heterocycles. The third-order valence-corrected chi connectivity index (χ3v) is 3.81. The van der Waals surface area contributed by atoms with E-state index in [0.717, 1.165) is 0 Å². The van der Waals surface area contributed by atoms with Crippen molar-refractivity contribution in [2.75, 3.05) is 18.0 Å². The number of anilines is 1. The molecule has 1 amide bonds. The van der Waals surface area contributed by atoms with Crippen molar-refractivity contribution in [2.45, 2.75) is 26.0 Å². The highest BCUT2D eigenvalue weighted by Gasteiger charge is 2.27. The number of amides is 1. The van der Waals surface area contributed by atoms with E-state index < -0.39 is 6.61 Å². The lowest BCUT2D eigenvalue weighted by atomic mass is 10.2. The lowest BCUT2D eigenvalue weighted by Crippen LogP contribution is -2.37. The average molecular weight is 337 g/mol. The Kier molecular flexibility index (Phi) is 4.64. The Morgan fingerprint density at radius 3 is 2.96 bits per heavy atom. The number of benzene rings is 1. The van der Waals surface area contributed by atoms with Crippen LogP contribution in [0.15, 0.2) is 34.9 Å². The molecule has 1 aromatic carbocycles. The number of alkyl halides is 2. The molecule has 1 atom stereocenters. The van der Waals surface area contributed by atoms with E-state index in [4.69, 9.17) is 4.52 Å². The Bertz CT molecular complexity index is 720. The van der Waals surface area contributed by atoms with Crippen molar-refractivity contribution in [2.24, 2.45) is 0 Å². The third kappa shape index (κ3) is 3.64. The van der Waals surface area contributed by atoms with Gasteiger partial charge in [0.15, 0.2) is 5.69 Å². The molecule has 0 saturated carbocycles. The first-order valence-electron chi connectivity index (χ1n) is 7.56. The van der Waals surface area contributed by atoms with Gasteiger partial charge in [0.05, 0.1) is 5.69 Å². The average Bonchev–Trinajstić information content (AvgIpc) is 3.16. The molecule has 6 nitrogen and oxygen atoms in total. The van der Waals surface area contributed by atoms with Gasteiger partial charge in [0.25, 0.3) is 5.91 Å². The van der Waals surface area contributed by atoms with E-state index in [0.29, 0.717) is 31.0 Å². The van der Waals surface area contributed by atoms with E-state index in [1.807, 2.05) is 4.90 Å². The first kappa shape index (κ1) is 16.2. The predicted octanol–water partition coefficient (Wildman–Crippen LogP) is 2.59. The van der Waals surface area contributed by atoms with Gasteiger partial charge in [0, 0.05) is 25.2 Å². The van der Waals surface area contributed by atoms with Gasteiger partial charge in [0.2, 0.25) is 0 Å². The van der Waals surface area contributed by atoms with Crippen LogP contribution >= 0.6 is 0 Å². The SMILES string of the molecule is Cc1cc(C(=O)NC2CCN(c3ccccc3OC(F)F)C2)no1. The Balaban J connectivity index is 1.64. The molecule has 1 fully saturated rings. The molecule has 1 N–H and O–H groups in total. The number of halogens is 2. The number of hydrogen-bond acceptors (Lipinski definition) is 5. The zero-order chi connectivity index (χ0) is 17.1. The number of hydrogen-bond donors (Lipinski definition) is 1. The van der Waals surface area contributed by atoms with Crippen LogP contribution in [0.4, 0.5) is 14.5 Å². The van der Waals surface area contributed by atoms with Crippen molar-refractivity contribution in [3.8, 4) is 5.75 Å². The van der Waals surface area contributed by atoms with Crippen LogP contribution in [0.5, 0.6) is 5.75 Å². The molecule has 1 aromatic heterocycles. The van der Waals surface area contributed by atoms with Gasteiger partial charge in [-0.15, -0.1) is 0 Å². The number of rotatable bonds is 5. The van der Waals surface area contributed by atoms with Gasteiger partial charge in [-0.05, 0) is 25.5 Å². The fourth-order valence-electron chi connectivity index (χ4n) is 2.74. The third-order valence-electron chi connectivity index (χ3n) is 3.81. The number of ether oxygens (including phenoxy) is 1. The van der Waals surface area contributed by atoms with E-state index >= 15 is 0 Å². The summed E-state index contributed by atoms with van der Waals surface area (Å²) in [5.74, 6) is 0.383. The van der Waals surface area contributed by atoms with Crippen molar-refractivity contribution in [3.05, 3.63) is 41.8 Å². The van der Waals surface area contributed by atoms with E-state index in [1.54, 1.807) is 31.2 Å². The predicted molar refractivity (Wildman–Crippen MR) is 82.4 cm³/mol. The minimum atomic E-state index is -2.88. The van der Waals surface area contributed by atoms with Gasteiger partial charge in [-0.3, -0.25) is 4.79 Å². The maximum absolute atomic E-state index is 12.5. The summed E-state index contributed by atoms with van der Waals surface area (Å²) in [4.78, 5) is 14.0. The normalized spacial score (nSPS) is 17.3. The van der Waals surface area contributed by atoms with Crippen molar-refractivity contribution in [1.82, 2.24) is 10.5 Å². The molecule has 3 rings (SSSR count). The van der Waals surface area contributed by atoms with E-state index in [2.05, 4.69) is 15.2 Å². The summed E-state index contributed by atoms with van der Waals surface area (Å²) in [5.41, 5.74) is 0.819. The number of aryl methyl sites for hydroxylation is 1. The quantitative estimate of drug-likeness (QED) is 0.908. The first-order valence-corrected chi connectivity index (χ1v) is 7.56. The number of aromatic nitrogens is 1. The first-order chi connectivity index (χ1) is 11.5. The molecule has 8 heteroatoms. The molecule has 1 aliphatic rings. The lowest BCUT2D eigenvalue weighted by Gasteiger charge is -2.21. The van der Waals surface area contributed by atoms with E-state index in [1.165, 1.54) is 6.07 Å². The van der Waals surface area contributed by atoms with Gasteiger partial charge < -0.3 is 19.5 Å². The Labute approximate surface area is 137 Å². The molecule has 1 unspecified atom stereocenters. The Hall–Kier alpha value is -2.64. The summed E-state index contributed by atoms with van der Waals surface area (Å²) in [6.45, 7) is -0.0285. The molecular weight excluding hydrogens is 320 g/mol. The zero-order valence-corrected chi connectivity index (χ0v) is 13.0. The van der Waals surface area contributed by atoms with Gasteiger partial charge in [-0.2, -0.15) is 8.78 Å². The van der Waals surface area contributed by atoms with Crippen LogP contribution in [0.1, 0.15) is 22.7 Å². The van der Waals surface area contributed by atoms with Crippen LogP contribution in [0.3, 0.4) is 0 Å². The molecule has 0 radical (unpaired) electrons. The summed E-state index contributed by atoms with van der Waals surface area (Å²) in [7, 11) is 0.